The second-order valence-electron chi connectivity index (χ2n) is 9.57. The molecular weight excluding hydrogens is 522 g/mol. The maximum absolute atomic E-state index is 13.2. The number of aliphatic imine (C=N–C) groups is 1. The van der Waals surface area contributed by atoms with Crippen LogP contribution in [0.15, 0.2) is 99.2 Å². The maximum atomic E-state index is 13.2. The third-order valence-corrected chi connectivity index (χ3v) is 8.48. The number of carbonyl (C=O) groups excluding carboxylic acids is 1. The summed E-state index contributed by atoms with van der Waals surface area (Å²) in [7, 11) is 3.25. The number of ether oxygens (including phenoxy) is 2. The van der Waals surface area contributed by atoms with Gasteiger partial charge in [0.25, 0.3) is 0 Å². The zero-order valence-electron chi connectivity index (χ0n) is 22.3. The van der Waals surface area contributed by atoms with Gasteiger partial charge in [-0.3, -0.25) is 9.79 Å². The van der Waals surface area contributed by atoms with Crippen LogP contribution in [0.4, 0.5) is 5.69 Å². The van der Waals surface area contributed by atoms with E-state index in [1.165, 1.54) is 0 Å². The fourth-order valence-corrected chi connectivity index (χ4v) is 6.27. The Kier molecular flexibility index (Phi) is 6.82. The second kappa shape index (κ2) is 10.6. The van der Waals surface area contributed by atoms with Gasteiger partial charge in [-0.05, 0) is 42.8 Å². The molecule has 200 valence electrons. The molecule has 40 heavy (non-hydrogen) atoms. The number of thioether (sulfide) groups is 1. The molecular formula is C33H27NO5S. The number of carbonyl (C=O) groups is 1. The van der Waals surface area contributed by atoms with Gasteiger partial charge < -0.3 is 19.0 Å². The largest absolute Gasteiger partial charge is 0.507 e. The van der Waals surface area contributed by atoms with Crippen LogP contribution in [-0.4, -0.2) is 30.8 Å². The predicted octanol–water partition coefficient (Wildman–Crippen LogP) is 8.05. The molecule has 7 heteroatoms. The van der Waals surface area contributed by atoms with Crippen LogP contribution in [-0.2, 0) is 0 Å². The number of hydrogen-bond acceptors (Lipinski definition) is 7. The van der Waals surface area contributed by atoms with Crippen molar-refractivity contribution in [3.8, 4) is 17.2 Å². The van der Waals surface area contributed by atoms with Crippen molar-refractivity contribution in [2.24, 2.45) is 4.99 Å². The molecule has 0 saturated heterocycles. The maximum Gasteiger partial charge on any atom is 0.228 e. The number of benzene rings is 4. The highest BCUT2D eigenvalue weighted by Crippen LogP contribution is 2.47. The van der Waals surface area contributed by atoms with Gasteiger partial charge in [0.1, 0.15) is 11.3 Å². The Morgan fingerprint density at radius 3 is 2.48 bits per heavy atom. The standard InChI is InChI=1S/C33H27NO5S/c1-19-22-16-23(26(35)18-28(22)39-33(19)32(36)20-9-5-4-6-10-20)25-17-31(40-30-12-8-7-11-24(30)34-25)21-13-14-27(37-2)29(15-21)38-3/h4-16,18,31,35H,17H2,1-3H3/t31-/m1/s1. The van der Waals surface area contributed by atoms with Crippen LogP contribution in [0.3, 0.4) is 0 Å². The summed E-state index contributed by atoms with van der Waals surface area (Å²) < 4.78 is 17.0. The van der Waals surface area contributed by atoms with E-state index < -0.39 is 0 Å². The minimum atomic E-state index is -0.194. The van der Waals surface area contributed by atoms with E-state index in [0.717, 1.165) is 32.8 Å². The molecule has 0 fully saturated rings. The van der Waals surface area contributed by atoms with E-state index >= 15 is 0 Å². The first kappa shape index (κ1) is 25.8. The van der Waals surface area contributed by atoms with Crippen molar-refractivity contribution < 1.29 is 23.8 Å². The van der Waals surface area contributed by atoms with Crippen LogP contribution in [0, 0.1) is 6.92 Å². The van der Waals surface area contributed by atoms with Crippen LogP contribution in [0.5, 0.6) is 17.2 Å². The molecule has 4 aromatic carbocycles. The van der Waals surface area contributed by atoms with Gasteiger partial charge >= 0.3 is 0 Å². The molecule has 1 aromatic heterocycles. The van der Waals surface area contributed by atoms with Gasteiger partial charge in [0, 0.05) is 44.7 Å². The second-order valence-corrected chi connectivity index (χ2v) is 10.8. The lowest BCUT2D eigenvalue weighted by Gasteiger charge is -2.18. The lowest BCUT2D eigenvalue weighted by Crippen LogP contribution is -2.06. The Hall–Kier alpha value is -4.49. The topological polar surface area (TPSA) is 81.3 Å². The molecule has 0 aliphatic carbocycles. The molecule has 0 spiro atoms. The van der Waals surface area contributed by atoms with E-state index in [0.29, 0.717) is 34.6 Å². The fourth-order valence-electron chi connectivity index (χ4n) is 5.04. The van der Waals surface area contributed by atoms with Gasteiger partial charge in [-0.2, -0.15) is 0 Å². The van der Waals surface area contributed by atoms with Crippen molar-refractivity contribution in [1.29, 1.82) is 0 Å². The Morgan fingerprint density at radius 1 is 0.950 bits per heavy atom. The first-order valence-corrected chi connectivity index (χ1v) is 13.8. The summed E-state index contributed by atoms with van der Waals surface area (Å²) >= 11 is 1.72. The molecule has 0 amide bonds. The van der Waals surface area contributed by atoms with Gasteiger partial charge in [0.05, 0.1) is 25.6 Å². The van der Waals surface area contributed by atoms with Crippen LogP contribution >= 0.6 is 11.8 Å². The lowest BCUT2D eigenvalue weighted by molar-refractivity contribution is 0.101. The SMILES string of the molecule is COc1ccc([C@H]2CC(c3cc4c(C)c(C(=O)c5ccccc5)oc4cc3O)=Nc3ccccc3S2)cc1OC. The first-order valence-electron chi connectivity index (χ1n) is 12.9. The van der Waals surface area contributed by atoms with Gasteiger partial charge in [-0.1, -0.05) is 48.5 Å². The highest BCUT2D eigenvalue weighted by molar-refractivity contribution is 7.99. The Balaban J connectivity index is 1.45. The van der Waals surface area contributed by atoms with E-state index in [1.807, 2.05) is 67.6 Å². The number of nitrogens with zero attached hydrogens (tertiary/aromatic N) is 1. The van der Waals surface area contributed by atoms with Crippen molar-refractivity contribution >= 4 is 39.9 Å². The third-order valence-electron chi connectivity index (χ3n) is 7.16. The van der Waals surface area contributed by atoms with E-state index in [9.17, 15) is 9.90 Å². The third kappa shape index (κ3) is 4.62. The zero-order valence-corrected chi connectivity index (χ0v) is 23.1. The molecule has 1 aliphatic heterocycles. The van der Waals surface area contributed by atoms with Crippen LogP contribution in [0.1, 0.15) is 44.5 Å². The molecule has 1 aliphatic rings. The van der Waals surface area contributed by atoms with Crippen molar-refractivity contribution in [2.75, 3.05) is 14.2 Å². The Morgan fingerprint density at radius 2 is 1.70 bits per heavy atom. The zero-order chi connectivity index (χ0) is 27.8. The van der Waals surface area contributed by atoms with Gasteiger partial charge in [0.15, 0.2) is 17.3 Å². The predicted molar refractivity (Wildman–Crippen MR) is 158 cm³/mol. The fraction of sp³-hybridized carbons (Fsp3) is 0.152. The summed E-state index contributed by atoms with van der Waals surface area (Å²) in [5.41, 5.74) is 4.99. The molecule has 1 atom stereocenters. The van der Waals surface area contributed by atoms with E-state index in [2.05, 4.69) is 6.07 Å². The smallest absolute Gasteiger partial charge is 0.228 e. The molecule has 0 unspecified atom stereocenters. The average molecular weight is 550 g/mol. The molecule has 0 radical (unpaired) electrons. The normalized spacial score (nSPS) is 14.8. The number of fused-ring (bicyclic) bond motifs is 2. The summed E-state index contributed by atoms with van der Waals surface area (Å²) in [4.78, 5) is 19.3. The van der Waals surface area contributed by atoms with E-state index in [-0.39, 0.29) is 22.5 Å². The molecule has 2 heterocycles. The number of para-hydroxylation sites is 1. The van der Waals surface area contributed by atoms with Crippen molar-refractivity contribution in [1.82, 2.24) is 0 Å². The summed E-state index contributed by atoms with van der Waals surface area (Å²) in [5, 5.41) is 12.0. The van der Waals surface area contributed by atoms with Crippen LogP contribution in [0.25, 0.3) is 11.0 Å². The Bertz CT molecular complexity index is 1770. The van der Waals surface area contributed by atoms with Crippen LogP contribution in [0.2, 0.25) is 0 Å². The van der Waals surface area contributed by atoms with E-state index in [4.69, 9.17) is 18.9 Å². The lowest BCUT2D eigenvalue weighted by atomic mass is 9.97. The summed E-state index contributed by atoms with van der Waals surface area (Å²) in [6.07, 6.45) is 0.556. The monoisotopic (exact) mass is 549 g/mol. The number of ketones is 1. The van der Waals surface area contributed by atoms with Crippen molar-refractivity contribution in [2.45, 2.75) is 23.5 Å². The summed E-state index contributed by atoms with van der Waals surface area (Å²) in [5.74, 6) is 1.45. The summed E-state index contributed by atoms with van der Waals surface area (Å²) in [6.45, 7) is 1.87. The number of methoxy groups -OCH3 is 2. The number of aryl methyl sites for hydroxylation is 1. The number of phenolic OH excluding ortho intramolecular Hbond substituents is 1. The minimum absolute atomic E-state index is 0.00188. The van der Waals surface area contributed by atoms with Gasteiger partial charge in [-0.25, -0.2) is 0 Å². The number of phenols is 1. The molecule has 5 aromatic rings. The number of aromatic hydroxyl groups is 1. The van der Waals surface area contributed by atoms with Gasteiger partial charge in [0.2, 0.25) is 5.78 Å². The highest BCUT2D eigenvalue weighted by atomic mass is 32.2. The van der Waals surface area contributed by atoms with Crippen LogP contribution < -0.4 is 9.47 Å². The van der Waals surface area contributed by atoms with Gasteiger partial charge in [-0.15, -0.1) is 11.8 Å². The van der Waals surface area contributed by atoms with E-state index in [1.54, 1.807) is 44.2 Å². The number of rotatable bonds is 6. The van der Waals surface area contributed by atoms with Crippen molar-refractivity contribution in [3.63, 3.8) is 0 Å². The quantitative estimate of drug-likeness (QED) is 0.216. The highest BCUT2D eigenvalue weighted by Gasteiger charge is 2.27. The molecule has 6 rings (SSSR count). The molecule has 0 bridgehead atoms. The summed E-state index contributed by atoms with van der Waals surface area (Å²) in [6, 6.07) is 26.5. The van der Waals surface area contributed by atoms with Crippen molar-refractivity contribution in [3.05, 3.63) is 113 Å². The Labute approximate surface area is 236 Å². The number of hydrogen-bond donors (Lipinski definition) is 1. The first-order chi connectivity index (χ1) is 19.5. The molecule has 1 N–H and O–H groups in total. The average Bonchev–Trinajstić information content (AvgIpc) is 3.17. The molecule has 6 nitrogen and oxygen atoms in total. The number of furan rings is 1. The minimum Gasteiger partial charge on any atom is -0.507 e. The molecule has 0 saturated carbocycles.